The number of rotatable bonds is 5. The second-order valence-electron chi connectivity index (χ2n) is 3.28. The van der Waals surface area contributed by atoms with Crippen LogP contribution < -0.4 is 4.18 Å². The molecule has 0 aromatic heterocycles. The minimum atomic E-state index is -3.61. The van der Waals surface area contributed by atoms with E-state index in [2.05, 4.69) is 8.92 Å². The minimum absolute atomic E-state index is 0.0419. The van der Waals surface area contributed by atoms with Crippen molar-refractivity contribution >= 4 is 20.0 Å². The molecule has 1 aromatic carbocycles. The molecule has 0 radical (unpaired) electrons. The third-order valence-corrected chi connectivity index (χ3v) is 3.74. The maximum Gasteiger partial charge on any atom is 0.306 e. The Labute approximate surface area is 100 Å². The molecular weight excluding hydrogens is 268 g/mol. The van der Waals surface area contributed by atoms with Crippen LogP contribution in [0.25, 0.3) is 0 Å². The van der Waals surface area contributed by atoms with Gasteiger partial charge in [0.05, 0.1) is 11.2 Å². The van der Waals surface area contributed by atoms with Crippen LogP contribution in [0.1, 0.15) is 0 Å². The van der Waals surface area contributed by atoms with Gasteiger partial charge in [-0.3, -0.25) is 0 Å². The second-order valence-corrected chi connectivity index (χ2v) is 6.79. The van der Waals surface area contributed by atoms with E-state index in [1.165, 1.54) is 31.4 Å². The molecule has 1 aromatic rings. The second kappa shape index (κ2) is 5.03. The molecule has 0 atom stereocenters. The van der Waals surface area contributed by atoms with E-state index in [9.17, 15) is 16.8 Å². The van der Waals surface area contributed by atoms with Crippen molar-refractivity contribution in [2.75, 3.05) is 19.3 Å². The van der Waals surface area contributed by atoms with E-state index >= 15 is 0 Å². The van der Waals surface area contributed by atoms with Crippen LogP contribution in [0.4, 0.5) is 0 Å². The van der Waals surface area contributed by atoms with Crippen molar-refractivity contribution in [1.29, 1.82) is 0 Å². The lowest BCUT2D eigenvalue weighted by Gasteiger charge is -2.05. The van der Waals surface area contributed by atoms with Gasteiger partial charge in [-0.15, -0.1) is 0 Å². The summed E-state index contributed by atoms with van der Waals surface area (Å²) in [5, 5.41) is 0. The Balaban J connectivity index is 2.97. The molecule has 0 N–H and O–H groups in total. The zero-order valence-electron chi connectivity index (χ0n) is 9.28. The molecule has 96 valence electrons. The molecule has 0 saturated carbocycles. The van der Waals surface area contributed by atoms with E-state index in [1.54, 1.807) is 0 Å². The van der Waals surface area contributed by atoms with Crippen molar-refractivity contribution in [3.63, 3.8) is 0 Å². The predicted molar refractivity (Wildman–Crippen MR) is 61.0 cm³/mol. The largest absolute Gasteiger partial charge is 0.383 e. The molecular formula is C9H12O6S2. The number of hydrogen-bond donors (Lipinski definition) is 0. The van der Waals surface area contributed by atoms with Gasteiger partial charge >= 0.3 is 10.1 Å². The average Bonchev–Trinajstić information content (AvgIpc) is 2.15. The minimum Gasteiger partial charge on any atom is -0.383 e. The Kier molecular flexibility index (Phi) is 4.12. The smallest absolute Gasteiger partial charge is 0.306 e. The maximum atomic E-state index is 11.5. The van der Waals surface area contributed by atoms with Crippen LogP contribution in [0.2, 0.25) is 0 Å². The van der Waals surface area contributed by atoms with E-state index in [1.807, 2.05) is 0 Å². The summed E-state index contributed by atoms with van der Waals surface area (Å²) in [6, 6.07) is 5.05. The fraction of sp³-hybridized carbons (Fsp3) is 0.333. The normalized spacial score (nSPS) is 12.4. The highest BCUT2D eigenvalue weighted by Gasteiger charge is 2.14. The quantitative estimate of drug-likeness (QED) is 0.726. The molecule has 0 aliphatic rings. The fourth-order valence-corrected chi connectivity index (χ4v) is 2.56. The summed E-state index contributed by atoms with van der Waals surface area (Å²) in [6.45, 7) is 0. The van der Waals surface area contributed by atoms with Gasteiger partial charge in [-0.25, -0.2) is 8.42 Å². The molecule has 17 heavy (non-hydrogen) atoms. The standard InChI is InChI=1S/C9H12O6S2/c1-14-7-17(12,13)9-5-3-8(4-6-9)15-16(2,10)11/h3-6H,7H2,1-2H3. The van der Waals surface area contributed by atoms with E-state index < -0.39 is 25.9 Å². The highest BCUT2D eigenvalue weighted by molar-refractivity contribution is 7.91. The zero-order chi connectivity index (χ0) is 13.1. The Bertz CT molecular complexity index is 570. The van der Waals surface area contributed by atoms with Crippen molar-refractivity contribution in [3.8, 4) is 5.75 Å². The first-order valence-corrected chi connectivity index (χ1v) is 7.93. The third kappa shape index (κ3) is 4.33. The number of ether oxygens (including phenoxy) is 1. The van der Waals surface area contributed by atoms with Crippen LogP contribution in [0.5, 0.6) is 5.75 Å². The van der Waals surface area contributed by atoms with Gasteiger partial charge in [0.25, 0.3) is 0 Å². The number of benzene rings is 1. The van der Waals surface area contributed by atoms with Crippen molar-refractivity contribution in [2.24, 2.45) is 0 Å². The average molecular weight is 280 g/mol. The Morgan fingerprint density at radius 1 is 1.06 bits per heavy atom. The summed E-state index contributed by atoms with van der Waals surface area (Å²) in [5.74, 6) is -0.372. The number of methoxy groups -OCH3 is 1. The summed E-state index contributed by atoms with van der Waals surface area (Å²) in [5.41, 5.74) is 0. The van der Waals surface area contributed by atoms with Crippen LogP contribution in [0.3, 0.4) is 0 Å². The molecule has 8 heteroatoms. The van der Waals surface area contributed by atoms with E-state index in [0.29, 0.717) is 0 Å². The van der Waals surface area contributed by atoms with Gasteiger partial charge in [-0.1, -0.05) is 0 Å². The topological polar surface area (TPSA) is 86.7 Å². The molecule has 0 bridgehead atoms. The lowest BCUT2D eigenvalue weighted by molar-refractivity contribution is 0.250. The van der Waals surface area contributed by atoms with E-state index in [-0.39, 0.29) is 10.6 Å². The SMILES string of the molecule is COCS(=O)(=O)c1ccc(OS(C)(=O)=O)cc1. The summed E-state index contributed by atoms with van der Waals surface area (Å²) in [4.78, 5) is 0.0419. The van der Waals surface area contributed by atoms with Crippen molar-refractivity contribution < 1.29 is 25.8 Å². The van der Waals surface area contributed by atoms with Gasteiger partial charge in [0.2, 0.25) is 9.84 Å². The van der Waals surface area contributed by atoms with Gasteiger partial charge < -0.3 is 8.92 Å². The van der Waals surface area contributed by atoms with E-state index in [0.717, 1.165) is 6.26 Å². The molecule has 0 saturated heterocycles. The predicted octanol–water partition coefficient (Wildman–Crippen LogP) is 0.403. The highest BCUT2D eigenvalue weighted by atomic mass is 32.2. The fourth-order valence-electron chi connectivity index (χ4n) is 1.10. The number of sulfone groups is 1. The first-order chi connectivity index (χ1) is 7.74. The zero-order valence-corrected chi connectivity index (χ0v) is 10.9. The molecule has 0 unspecified atom stereocenters. The Morgan fingerprint density at radius 2 is 1.59 bits per heavy atom. The van der Waals surface area contributed by atoms with Crippen LogP contribution in [-0.2, 0) is 24.7 Å². The van der Waals surface area contributed by atoms with Gasteiger partial charge in [-0.2, -0.15) is 8.42 Å². The molecule has 0 fully saturated rings. The van der Waals surface area contributed by atoms with E-state index in [4.69, 9.17) is 0 Å². The molecule has 6 nitrogen and oxygen atoms in total. The Morgan fingerprint density at radius 3 is 2.00 bits per heavy atom. The molecule has 0 aliphatic heterocycles. The molecule has 0 aliphatic carbocycles. The van der Waals surface area contributed by atoms with Gasteiger partial charge in [0.15, 0.2) is 5.94 Å². The lowest BCUT2D eigenvalue weighted by Crippen LogP contribution is -2.09. The van der Waals surface area contributed by atoms with Crippen LogP contribution >= 0.6 is 0 Å². The monoisotopic (exact) mass is 280 g/mol. The lowest BCUT2D eigenvalue weighted by atomic mass is 10.3. The highest BCUT2D eigenvalue weighted by Crippen LogP contribution is 2.18. The Hall–Kier alpha value is -1.12. The number of hydrogen-bond acceptors (Lipinski definition) is 6. The molecule has 1 rings (SSSR count). The van der Waals surface area contributed by atoms with Gasteiger partial charge in [0, 0.05) is 7.11 Å². The van der Waals surface area contributed by atoms with Crippen molar-refractivity contribution in [1.82, 2.24) is 0 Å². The third-order valence-electron chi connectivity index (χ3n) is 1.70. The van der Waals surface area contributed by atoms with Crippen molar-refractivity contribution in [3.05, 3.63) is 24.3 Å². The summed E-state index contributed by atoms with van der Waals surface area (Å²) >= 11 is 0. The summed E-state index contributed by atoms with van der Waals surface area (Å²) in [7, 11) is -5.83. The van der Waals surface area contributed by atoms with Gasteiger partial charge in [0.1, 0.15) is 5.75 Å². The van der Waals surface area contributed by atoms with Gasteiger partial charge in [-0.05, 0) is 24.3 Å². The maximum absolute atomic E-state index is 11.5. The summed E-state index contributed by atoms with van der Waals surface area (Å²) in [6.07, 6.45) is 0.905. The van der Waals surface area contributed by atoms with Crippen LogP contribution in [-0.4, -0.2) is 36.1 Å². The summed E-state index contributed by atoms with van der Waals surface area (Å²) < 4.78 is 53.9. The van der Waals surface area contributed by atoms with Crippen molar-refractivity contribution in [2.45, 2.75) is 4.90 Å². The van der Waals surface area contributed by atoms with Crippen LogP contribution in [0.15, 0.2) is 29.2 Å². The van der Waals surface area contributed by atoms with Crippen LogP contribution in [0, 0.1) is 0 Å². The first kappa shape index (κ1) is 13.9. The molecule has 0 heterocycles. The first-order valence-electron chi connectivity index (χ1n) is 4.46. The molecule has 0 amide bonds. The molecule has 0 spiro atoms.